The fourth-order valence-electron chi connectivity index (χ4n) is 1.39. The SMILES string of the molecule is C=Cc1cc(C)c2nccnc2c1. The first-order valence-corrected chi connectivity index (χ1v) is 4.15. The van der Waals surface area contributed by atoms with Gasteiger partial charge in [0.15, 0.2) is 0 Å². The van der Waals surface area contributed by atoms with E-state index in [1.807, 2.05) is 19.1 Å². The van der Waals surface area contributed by atoms with Gasteiger partial charge >= 0.3 is 0 Å². The molecule has 0 aliphatic heterocycles. The molecule has 0 atom stereocenters. The molecule has 0 spiro atoms. The van der Waals surface area contributed by atoms with E-state index in [4.69, 9.17) is 0 Å². The molecule has 2 nitrogen and oxygen atoms in total. The molecule has 2 aromatic rings. The molecule has 1 heterocycles. The highest BCUT2D eigenvalue weighted by Crippen LogP contribution is 2.16. The van der Waals surface area contributed by atoms with E-state index in [-0.39, 0.29) is 0 Å². The molecule has 0 unspecified atom stereocenters. The van der Waals surface area contributed by atoms with Crippen LogP contribution in [0.5, 0.6) is 0 Å². The van der Waals surface area contributed by atoms with Gasteiger partial charge in [0.25, 0.3) is 0 Å². The Morgan fingerprint density at radius 3 is 2.77 bits per heavy atom. The molecular formula is C11H10N2. The maximum atomic E-state index is 4.26. The predicted octanol–water partition coefficient (Wildman–Crippen LogP) is 2.58. The fraction of sp³-hybridized carbons (Fsp3) is 0.0909. The normalized spacial score (nSPS) is 10.2. The van der Waals surface area contributed by atoms with Gasteiger partial charge in [-0.25, -0.2) is 0 Å². The number of rotatable bonds is 1. The molecule has 2 rings (SSSR count). The molecular weight excluding hydrogens is 160 g/mol. The Balaban J connectivity index is 2.84. The van der Waals surface area contributed by atoms with Gasteiger partial charge < -0.3 is 0 Å². The van der Waals surface area contributed by atoms with Gasteiger partial charge in [-0.05, 0) is 30.2 Å². The minimum Gasteiger partial charge on any atom is -0.253 e. The zero-order chi connectivity index (χ0) is 9.26. The van der Waals surface area contributed by atoms with Gasteiger partial charge in [0.05, 0.1) is 11.0 Å². The summed E-state index contributed by atoms with van der Waals surface area (Å²) in [4.78, 5) is 8.50. The van der Waals surface area contributed by atoms with Crippen LogP contribution in [0, 0.1) is 6.92 Å². The Labute approximate surface area is 77.0 Å². The molecule has 0 aliphatic rings. The van der Waals surface area contributed by atoms with E-state index in [0.29, 0.717) is 0 Å². The van der Waals surface area contributed by atoms with E-state index in [1.54, 1.807) is 12.4 Å². The summed E-state index contributed by atoms with van der Waals surface area (Å²) in [5, 5.41) is 0. The highest BCUT2D eigenvalue weighted by Gasteiger charge is 1.99. The van der Waals surface area contributed by atoms with Crippen molar-refractivity contribution in [3.8, 4) is 0 Å². The van der Waals surface area contributed by atoms with E-state index in [1.165, 1.54) is 0 Å². The largest absolute Gasteiger partial charge is 0.253 e. The van der Waals surface area contributed by atoms with Crippen LogP contribution in [0.2, 0.25) is 0 Å². The molecule has 64 valence electrons. The van der Waals surface area contributed by atoms with Gasteiger partial charge in [-0.2, -0.15) is 0 Å². The molecule has 0 saturated carbocycles. The first kappa shape index (κ1) is 7.92. The maximum absolute atomic E-state index is 4.26. The van der Waals surface area contributed by atoms with Crippen LogP contribution in [-0.2, 0) is 0 Å². The van der Waals surface area contributed by atoms with Crippen molar-refractivity contribution in [2.45, 2.75) is 6.92 Å². The molecule has 0 saturated heterocycles. The van der Waals surface area contributed by atoms with Crippen molar-refractivity contribution in [3.05, 3.63) is 42.2 Å². The molecule has 0 N–H and O–H groups in total. The van der Waals surface area contributed by atoms with E-state index in [2.05, 4.69) is 22.6 Å². The van der Waals surface area contributed by atoms with Crippen LogP contribution in [0.25, 0.3) is 17.1 Å². The number of nitrogens with zero attached hydrogens (tertiary/aromatic N) is 2. The number of fused-ring (bicyclic) bond motifs is 1. The molecule has 1 aromatic carbocycles. The van der Waals surface area contributed by atoms with Crippen LogP contribution in [0.15, 0.2) is 31.1 Å². The Bertz CT molecular complexity index is 461. The third-order valence-corrected chi connectivity index (χ3v) is 2.02. The van der Waals surface area contributed by atoms with Crippen molar-refractivity contribution in [2.24, 2.45) is 0 Å². The van der Waals surface area contributed by atoms with Crippen molar-refractivity contribution in [1.29, 1.82) is 0 Å². The summed E-state index contributed by atoms with van der Waals surface area (Å²) in [6, 6.07) is 4.05. The van der Waals surface area contributed by atoms with E-state index in [0.717, 1.165) is 22.2 Å². The lowest BCUT2D eigenvalue weighted by Crippen LogP contribution is -1.87. The Morgan fingerprint density at radius 2 is 2.00 bits per heavy atom. The fourth-order valence-corrected chi connectivity index (χ4v) is 1.39. The quantitative estimate of drug-likeness (QED) is 0.657. The minimum atomic E-state index is 0.928. The van der Waals surface area contributed by atoms with Gasteiger partial charge in [-0.15, -0.1) is 0 Å². The minimum absolute atomic E-state index is 0.928. The second kappa shape index (κ2) is 2.98. The standard InChI is InChI=1S/C11H10N2/c1-3-9-6-8(2)11-10(7-9)12-4-5-13-11/h3-7H,1H2,2H3. The predicted molar refractivity (Wildman–Crippen MR) is 54.4 cm³/mol. The molecule has 0 bridgehead atoms. The van der Waals surface area contributed by atoms with Crippen LogP contribution in [0.4, 0.5) is 0 Å². The second-order valence-corrected chi connectivity index (χ2v) is 2.97. The summed E-state index contributed by atoms with van der Waals surface area (Å²) in [5.41, 5.74) is 4.12. The number of aromatic nitrogens is 2. The van der Waals surface area contributed by atoms with Gasteiger partial charge in [0.1, 0.15) is 0 Å². The first-order chi connectivity index (χ1) is 6.31. The lowest BCUT2D eigenvalue weighted by atomic mass is 10.1. The highest BCUT2D eigenvalue weighted by molar-refractivity contribution is 5.80. The second-order valence-electron chi connectivity index (χ2n) is 2.97. The van der Waals surface area contributed by atoms with Gasteiger partial charge in [-0.1, -0.05) is 12.7 Å². The number of aryl methyl sites for hydroxylation is 1. The monoisotopic (exact) mass is 170 g/mol. The number of hydrogen-bond acceptors (Lipinski definition) is 2. The molecule has 0 amide bonds. The lowest BCUT2D eigenvalue weighted by Gasteiger charge is -2.01. The Morgan fingerprint density at radius 1 is 1.23 bits per heavy atom. The Hall–Kier alpha value is -1.70. The molecule has 1 aromatic heterocycles. The summed E-state index contributed by atoms with van der Waals surface area (Å²) in [6.45, 7) is 5.76. The number of hydrogen-bond donors (Lipinski definition) is 0. The van der Waals surface area contributed by atoms with E-state index < -0.39 is 0 Å². The van der Waals surface area contributed by atoms with Crippen molar-refractivity contribution in [1.82, 2.24) is 9.97 Å². The summed E-state index contributed by atoms with van der Waals surface area (Å²) in [6.07, 6.45) is 5.23. The molecule has 13 heavy (non-hydrogen) atoms. The average molecular weight is 170 g/mol. The van der Waals surface area contributed by atoms with Gasteiger partial charge in [-0.3, -0.25) is 9.97 Å². The van der Waals surface area contributed by atoms with Crippen LogP contribution in [0.3, 0.4) is 0 Å². The molecule has 0 aliphatic carbocycles. The summed E-state index contributed by atoms with van der Waals surface area (Å²) >= 11 is 0. The summed E-state index contributed by atoms with van der Waals surface area (Å²) in [7, 11) is 0. The zero-order valence-corrected chi connectivity index (χ0v) is 7.49. The lowest BCUT2D eigenvalue weighted by molar-refractivity contribution is 1.27. The molecule has 0 radical (unpaired) electrons. The van der Waals surface area contributed by atoms with Crippen LogP contribution in [0.1, 0.15) is 11.1 Å². The van der Waals surface area contributed by atoms with E-state index >= 15 is 0 Å². The third kappa shape index (κ3) is 1.31. The number of benzene rings is 1. The molecule has 0 fully saturated rings. The highest BCUT2D eigenvalue weighted by atomic mass is 14.8. The Kier molecular flexibility index (Phi) is 1.81. The van der Waals surface area contributed by atoms with Crippen molar-refractivity contribution >= 4 is 17.1 Å². The topological polar surface area (TPSA) is 25.8 Å². The van der Waals surface area contributed by atoms with E-state index in [9.17, 15) is 0 Å². The first-order valence-electron chi connectivity index (χ1n) is 4.15. The smallest absolute Gasteiger partial charge is 0.0916 e. The van der Waals surface area contributed by atoms with Crippen LogP contribution >= 0.6 is 0 Å². The summed E-state index contributed by atoms with van der Waals surface area (Å²) < 4.78 is 0. The zero-order valence-electron chi connectivity index (χ0n) is 7.49. The maximum Gasteiger partial charge on any atom is 0.0916 e. The molecule has 2 heteroatoms. The van der Waals surface area contributed by atoms with Crippen LogP contribution < -0.4 is 0 Å². The van der Waals surface area contributed by atoms with Crippen molar-refractivity contribution in [3.63, 3.8) is 0 Å². The van der Waals surface area contributed by atoms with Crippen LogP contribution in [-0.4, -0.2) is 9.97 Å². The van der Waals surface area contributed by atoms with Gasteiger partial charge in [0, 0.05) is 12.4 Å². The third-order valence-electron chi connectivity index (χ3n) is 2.02. The van der Waals surface area contributed by atoms with Gasteiger partial charge in [0.2, 0.25) is 0 Å². The van der Waals surface area contributed by atoms with Crippen molar-refractivity contribution < 1.29 is 0 Å². The average Bonchev–Trinajstić information content (AvgIpc) is 2.18. The van der Waals surface area contributed by atoms with Crippen molar-refractivity contribution in [2.75, 3.05) is 0 Å². The summed E-state index contributed by atoms with van der Waals surface area (Å²) in [5.74, 6) is 0.